The third-order valence-corrected chi connectivity index (χ3v) is 3.35. The van der Waals surface area contributed by atoms with Crippen LogP contribution < -0.4 is 9.47 Å². The van der Waals surface area contributed by atoms with Crippen LogP contribution in [-0.2, 0) is 16.0 Å². The van der Waals surface area contributed by atoms with Crippen LogP contribution in [0.3, 0.4) is 0 Å². The maximum absolute atomic E-state index is 12.1. The average molecular weight is 295 g/mol. The molecule has 0 saturated carbocycles. The lowest BCUT2D eigenvalue weighted by Crippen LogP contribution is -2.36. The quantitative estimate of drug-likeness (QED) is 0.769. The van der Waals surface area contributed by atoms with Crippen molar-refractivity contribution in [3.05, 3.63) is 23.8 Å². The summed E-state index contributed by atoms with van der Waals surface area (Å²) in [7, 11) is 1.59. The zero-order chi connectivity index (χ0) is 15.1. The fourth-order valence-electron chi connectivity index (χ4n) is 2.19. The third-order valence-electron chi connectivity index (χ3n) is 3.35. The van der Waals surface area contributed by atoms with E-state index >= 15 is 0 Å². The summed E-state index contributed by atoms with van der Waals surface area (Å²) in [5.41, 5.74) is 1.03. The van der Waals surface area contributed by atoms with Gasteiger partial charge in [0, 0.05) is 26.6 Å². The number of ether oxygens (including phenoxy) is 3. The van der Waals surface area contributed by atoms with E-state index in [-0.39, 0.29) is 19.3 Å². The van der Waals surface area contributed by atoms with E-state index in [2.05, 4.69) is 0 Å². The molecule has 0 fully saturated rings. The van der Waals surface area contributed by atoms with Crippen molar-refractivity contribution in [3.8, 4) is 11.5 Å². The van der Waals surface area contributed by atoms with E-state index in [9.17, 15) is 4.79 Å². The highest BCUT2D eigenvalue weighted by Gasteiger charge is 2.15. The zero-order valence-electron chi connectivity index (χ0n) is 12.2. The van der Waals surface area contributed by atoms with E-state index in [1.54, 1.807) is 12.0 Å². The number of carbonyl (C=O) groups is 1. The number of aliphatic hydroxyl groups is 1. The maximum Gasteiger partial charge on any atom is 0.231 e. The number of nitrogens with zero attached hydrogens (tertiary/aromatic N) is 1. The fraction of sp³-hybridized carbons (Fsp3) is 0.533. The van der Waals surface area contributed by atoms with Gasteiger partial charge in [0.1, 0.15) is 0 Å². The van der Waals surface area contributed by atoms with Crippen LogP contribution in [0.25, 0.3) is 0 Å². The second-order valence-corrected chi connectivity index (χ2v) is 4.78. The van der Waals surface area contributed by atoms with Gasteiger partial charge in [-0.25, -0.2) is 0 Å². The van der Waals surface area contributed by atoms with Crippen LogP contribution in [0, 0.1) is 0 Å². The SMILES string of the molecule is COCCN(CCO)C(=O)CCc1ccc2c(c1)OCO2. The predicted octanol–water partition coefficient (Wildman–Crippen LogP) is 0.815. The Morgan fingerprint density at radius 1 is 1.33 bits per heavy atom. The first-order valence-corrected chi connectivity index (χ1v) is 7.00. The van der Waals surface area contributed by atoms with Gasteiger partial charge in [-0.15, -0.1) is 0 Å². The topological polar surface area (TPSA) is 68.2 Å². The van der Waals surface area contributed by atoms with Crippen molar-refractivity contribution >= 4 is 5.91 Å². The van der Waals surface area contributed by atoms with Crippen LogP contribution in [0.4, 0.5) is 0 Å². The first-order valence-electron chi connectivity index (χ1n) is 7.00. The highest BCUT2D eigenvalue weighted by molar-refractivity contribution is 5.76. The number of fused-ring (bicyclic) bond motifs is 1. The van der Waals surface area contributed by atoms with Gasteiger partial charge >= 0.3 is 0 Å². The predicted molar refractivity (Wildman–Crippen MR) is 76.4 cm³/mol. The molecule has 0 aromatic heterocycles. The largest absolute Gasteiger partial charge is 0.454 e. The van der Waals surface area contributed by atoms with Crippen LogP contribution in [0.2, 0.25) is 0 Å². The van der Waals surface area contributed by atoms with Crippen molar-refractivity contribution in [2.45, 2.75) is 12.8 Å². The van der Waals surface area contributed by atoms with Crippen molar-refractivity contribution < 1.29 is 24.1 Å². The van der Waals surface area contributed by atoms with Gasteiger partial charge in [0.25, 0.3) is 0 Å². The molecule has 1 heterocycles. The number of aliphatic hydroxyl groups excluding tert-OH is 1. The Labute approximate surface area is 124 Å². The second kappa shape index (κ2) is 7.85. The Balaban J connectivity index is 1.87. The summed E-state index contributed by atoms with van der Waals surface area (Å²) >= 11 is 0. The van der Waals surface area contributed by atoms with Crippen LogP contribution in [-0.4, -0.2) is 56.1 Å². The van der Waals surface area contributed by atoms with Crippen molar-refractivity contribution in [1.82, 2.24) is 4.90 Å². The zero-order valence-corrected chi connectivity index (χ0v) is 12.2. The number of hydrogen-bond donors (Lipinski definition) is 1. The highest BCUT2D eigenvalue weighted by Crippen LogP contribution is 2.32. The lowest BCUT2D eigenvalue weighted by atomic mass is 10.1. The standard InChI is InChI=1S/C15H21NO5/c1-19-9-7-16(6-8-17)15(18)5-3-12-2-4-13-14(10-12)21-11-20-13/h2,4,10,17H,3,5-9,11H2,1H3. The Kier molecular flexibility index (Phi) is 5.83. The molecule has 1 aliphatic heterocycles. The first kappa shape index (κ1) is 15.6. The van der Waals surface area contributed by atoms with Gasteiger partial charge in [-0.3, -0.25) is 4.79 Å². The number of methoxy groups -OCH3 is 1. The highest BCUT2D eigenvalue weighted by atomic mass is 16.7. The van der Waals surface area contributed by atoms with E-state index in [1.807, 2.05) is 18.2 Å². The minimum absolute atomic E-state index is 0.0127. The molecule has 0 saturated heterocycles. The molecule has 1 aromatic carbocycles. The fourth-order valence-corrected chi connectivity index (χ4v) is 2.19. The summed E-state index contributed by atoms with van der Waals surface area (Å²) in [6.07, 6.45) is 1.02. The summed E-state index contributed by atoms with van der Waals surface area (Å²) in [6.45, 7) is 1.51. The van der Waals surface area contributed by atoms with E-state index < -0.39 is 0 Å². The Morgan fingerprint density at radius 3 is 2.90 bits per heavy atom. The Bertz CT molecular complexity index is 477. The van der Waals surface area contributed by atoms with Gasteiger partial charge in [0.05, 0.1) is 13.2 Å². The molecule has 21 heavy (non-hydrogen) atoms. The monoisotopic (exact) mass is 295 g/mol. The normalized spacial score (nSPS) is 12.5. The molecule has 0 spiro atoms. The number of rotatable bonds is 8. The molecular formula is C15H21NO5. The Morgan fingerprint density at radius 2 is 2.14 bits per heavy atom. The molecule has 1 aromatic rings. The van der Waals surface area contributed by atoms with Crippen LogP contribution >= 0.6 is 0 Å². The molecule has 2 rings (SSSR count). The van der Waals surface area contributed by atoms with Gasteiger partial charge in [0.15, 0.2) is 11.5 Å². The summed E-state index contributed by atoms with van der Waals surface area (Å²) in [6, 6.07) is 5.70. The average Bonchev–Trinajstić information content (AvgIpc) is 2.96. The van der Waals surface area contributed by atoms with Gasteiger partial charge in [-0.05, 0) is 24.1 Å². The number of carbonyl (C=O) groups excluding carboxylic acids is 1. The second-order valence-electron chi connectivity index (χ2n) is 4.78. The summed E-state index contributed by atoms with van der Waals surface area (Å²) in [5, 5.41) is 9.01. The van der Waals surface area contributed by atoms with E-state index in [0.29, 0.717) is 32.5 Å². The number of amides is 1. The van der Waals surface area contributed by atoms with E-state index in [0.717, 1.165) is 17.1 Å². The van der Waals surface area contributed by atoms with Crippen LogP contribution in [0.1, 0.15) is 12.0 Å². The molecule has 0 atom stereocenters. The van der Waals surface area contributed by atoms with Crippen molar-refractivity contribution in [2.24, 2.45) is 0 Å². The lowest BCUT2D eigenvalue weighted by Gasteiger charge is -2.21. The van der Waals surface area contributed by atoms with Gasteiger partial charge in [-0.2, -0.15) is 0 Å². The van der Waals surface area contributed by atoms with Crippen molar-refractivity contribution in [3.63, 3.8) is 0 Å². The maximum atomic E-state index is 12.1. The molecule has 0 aliphatic carbocycles. The molecular weight excluding hydrogens is 274 g/mol. The molecule has 6 heteroatoms. The molecule has 0 unspecified atom stereocenters. The minimum Gasteiger partial charge on any atom is -0.454 e. The first-order chi connectivity index (χ1) is 10.2. The third kappa shape index (κ3) is 4.34. The molecule has 1 aliphatic rings. The molecule has 0 radical (unpaired) electrons. The van der Waals surface area contributed by atoms with Gasteiger partial charge in [-0.1, -0.05) is 6.07 Å². The lowest BCUT2D eigenvalue weighted by molar-refractivity contribution is -0.132. The smallest absolute Gasteiger partial charge is 0.231 e. The van der Waals surface area contributed by atoms with Crippen LogP contribution in [0.15, 0.2) is 18.2 Å². The molecule has 0 bridgehead atoms. The van der Waals surface area contributed by atoms with Crippen molar-refractivity contribution in [1.29, 1.82) is 0 Å². The number of aryl methyl sites for hydroxylation is 1. The van der Waals surface area contributed by atoms with E-state index in [4.69, 9.17) is 19.3 Å². The molecule has 116 valence electrons. The van der Waals surface area contributed by atoms with Crippen LogP contribution in [0.5, 0.6) is 11.5 Å². The summed E-state index contributed by atoms with van der Waals surface area (Å²) in [5.74, 6) is 1.48. The summed E-state index contributed by atoms with van der Waals surface area (Å²) < 4.78 is 15.5. The van der Waals surface area contributed by atoms with E-state index in [1.165, 1.54) is 0 Å². The number of hydrogen-bond acceptors (Lipinski definition) is 5. The summed E-state index contributed by atoms with van der Waals surface area (Å²) in [4.78, 5) is 13.8. The van der Waals surface area contributed by atoms with Gasteiger partial charge < -0.3 is 24.2 Å². The molecule has 6 nitrogen and oxygen atoms in total. The minimum atomic E-state index is -0.0422. The van der Waals surface area contributed by atoms with Crippen molar-refractivity contribution in [2.75, 3.05) is 40.2 Å². The number of benzene rings is 1. The van der Waals surface area contributed by atoms with Gasteiger partial charge in [0.2, 0.25) is 12.7 Å². The molecule has 1 amide bonds. The Hall–Kier alpha value is -1.79. The molecule has 1 N–H and O–H groups in total.